The fourth-order valence-electron chi connectivity index (χ4n) is 1.28. The summed E-state index contributed by atoms with van der Waals surface area (Å²) in [5, 5.41) is 9.09. The summed E-state index contributed by atoms with van der Waals surface area (Å²) in [7, 11) is 0. The van der Waals surface area contributed by atoms with Crippen molar-refractivity contribution in [3.05, 3.63) is 29.8 Å². The highest BCUT2D eigenvalue weighted by atomic mass is 19.4. The standard InChI is InChI=1S/C11H11F5O2/c1-2-18-8-5-3-7(4-6-8)9(17)10(12,13)11(14,15)16/h3-6,9,17H,2H2,1H3. The molecule has 1 N–H and O–H groups in total. The van der Waals surface area contributed by atoms with Gasteiger partial charge in [-0.25, -0.2) is 0 Å². The Morgan fingerprint density at radius 1 is 1.11 bits per heavy atom. The van der Waals surface area contributed by atoms with Gasteiger partial charge in [0.25, 0.3) is 0 Å². The molecule has 1 rings (SSSR count). The molecule has 1 unspecified atom stereocenters. The van der Waals surface area contributed by atoms with Crippen LogP contribution in [0.2, 0.25) is 0 Å². The molecule has 0 saturated heterocycles. The van der Waals surface area contributed by atoms with Crippen LogP contribution in [0.3, 0.4) is 0 Å². The number of aliphatic hydroxyl groups excluding tert-OH is 1. The van der Waals surface area contributed by atoms with Crippen LogP contribution >= 0.6 is 0 Å². The minimum absolute atomic E-state index is 0.323. The van der Waals surface area contributed by atoms with Crippen LogP contribution in [0.25, 0.3) is 0 Å². The van der Waals surface area contributed by atoms with E-state index in [9.17, 15) is 22.0 Å². The van der Waals surface area contributed by atoms with Crippen LogP contribution in [0.5, 0.6) is 5.75 Å². The third-order valence-electron chi connectivity index (χ3n) is 2.23. The van der Waals surface area contributed by atoms with Gasteiger partial charge < -0.3 is 9.84 Å². The third kappa shape index (κ3) is 2.90. The smallest absolute Gasteiger partial charge is 0.456 e. The van der Waals surface area contributed by atoms with Gasteiger partial charge in [-0.05, 0) is 24.6 Å². The van der Waals surface area contributed by atoms with Crippen LogP contribution in [0.1, 0.15) is 18.6 Å². The molecule has 1 aromatic carbocycles. The summed E-state index contributed by atoms with van der Waals surface area (Å²) in [6.07, 6.45) is -8.74. The molecule has 18 heavy (non-hydrogen) atoms. The van der Waals surface area contributed by atoms with E-state index >= 15 is 0 Å². The highest BCUT2D eigenvalue weighted by Crippen LogP contribution is 2.44. The summed E-state index contributed by atoms with van der Waals surface area (Å²) in [6, 6.07) is 4.37. The zero-order valence-corrected chi connectivity index (χ0v) is 9.34. The minimum atomic E-state index is -5.80. The first-order valence-corrected chi connectivity index (χ1v) is 5.05. The van der Waals surface area contributed by atoms with Gasteiger partial charge in [0.05, 0.1) is 6.61 Å². The molecule has 0 radical (unpaired) electrons. The largest absolute Gasteiger partial charge is 0.494 e. The predicted molar refractivity (Wildman–Crippen MR) is 53.6 cm³/mol. The van der Waals surface area contributed by atoms with Gasteiger partial charge in [0, 0.05) is 0 Å². The molecule has 0 fully saturated rings. The van der Waals surface area contributed by atoms with Crippen molar-refractivity contribution >= 4 is 0 Å². The molecular weight excluding hydrogens is 259 g/mol. The molecule has 7 heteroatoms. The van der Waals surface area contributed by atoms with Gasteiger partial charge in [0.2, 0.25) is 0 Å². The van der Waals surface area contributed by atoms with Crippen LogP contribution in [0.4, 0.5) is 22.0 Å². The van der Waals surface area contributed by atoms with E-state index in [0.717, 1.165) is 12.1 Å². The molecule has 0 aliphatic rings. The average molecular weight is 270 g/mol. The maximum Gasteiger partial charge on any atom is 0.456 e. The first-order valence-electron chi connectivity index (χ1n) is 5.05. The Kier molecular flexibility index (Phi) is 4.16. The van der Waals surface area contributed by atoms with Crippen LogP contribution in [-0.4, -0.2) is 23.8 Å². The number of hydrogen-bond acceptors (Lipinski definition) is 2. The van der Waals surface area contributed by atoms with E-state index < -0.39 is 23.8 Å². The number of aliphatic hydroxyl groups is 1. The molecule has 0 aliphatic carbocycles. The first-order chi connectivity index (χ1) is 8.20. The number of alkyl halides is 5. The molecule has 0 aromatic heterocycles. The lowest BCUT2D eigenvalue weighted by Crippen LogP contribution is -2.42. The van der Waals surface area contributed by atoms with Gasteiger partial charge in [-0.15, -0.1) is 0 Å². The van der Waals surface area contributed by atoms with E-state index in [-0.39, 0.29) is 0 Å². The molecule has 0 amide bonds. The first kappa shape index (κ1) is 14.7. The Labute approximate surface area is 100.0 Å². The summed E-state index contributed by atoms with van der Waals surface area (Å²) in [5.74, 6) is -4.87. The second kappa shape index (κ2) is 5.09. The molecule has 0 saturated carbocycles. The summed E-state index contributed by atoms with van der Waals surface area (Å²) in [6.45, 7) is 2.03. The molecule has 0 heterocycles. The molecular formula is C11H11F5O2. The Morgan fingerprint density at radius 2 is 1.61 bits per heavy atom. The topological polar surface area (TPSA) is 29.5 Å². The maximum atomic E-state index is 12.9. The number of hydrogen-bond donors (Lipinski definition) is 1. The lowest BCUT2D eigenvalue weighted by Gasteiger charge is -2.25. The summed E-state index contributed by atoms with van der Waals surface area (Å²) in [4.78, 5) is 0. The average Bonchev–Trinajstić information content (AvgIpc) is 2.28. The van der Waals surface area contributed by atoms with E-state index in [1.807, 2.05) is 0 Å². The highest BCUT2D eigenvalue weighted by molar-refractivity contribution is 5.29. The second-order valence-electron chi connectivity index (χ2n) is 3.53. The van der Waals surface area contributed by atoms with Crippen molar-refractivity contribution in [2.24, 2.45) is 0 Å². The number of ether oxygens (including phenoxy) is 1. The summed E-state index contributed by atoms with van der Waals surface area (Å²) >= 11 is 0. The lowest BCUT2D eigenvalue weighted by molar-refractivity contribution is -0.315. The molecule has 0 spiro atoms. The van der Waals surface area contributed by atoms with Crippen molar-refractivity contribution in [2.45, 2.75) is 25.1 Å². The summed E-state index contributed by atoms with van der Waals surface area (Å²) < 4.78 is 66.8. The van der Waals surface area contributed by atoms with E-state index in [0.29, 0.717) is 12.4 Å². The molecule has 2 nitrogen and oxygen atoms in total. The van der Waals surface area contributed by atoms with Crippen molar-refractivity contribution in [1.29, 1.82) is 0 Å². The van der Waals surface area contributed by atoms with Crippen molar-refractivity contribution < 1.29 is 31.8 Å². The normalized spacial score (nSPS) is 14.4. The Morgan fingerprint density at radius 3 is 2.00 bits per heavy atom. The molecule has 0 aliphatic heterocycles. The zero-order chi connectivity index (χ0) is 14.0. The van der Waals surface area contributed by atoms with Crippen LogP contribution in [0.15, 0.2) is 24.3 Å². The zero-order valence-electron chi connectivity index (χ0n) is 9.34. The van der Waals surface area contributed by atoms with Gasteiger partial charge in [-0.2, -0.15) is 22.0 Å². The maximum absolute atomic E-state index is 12.9. The van der Waals surface area contributed by atoms with Crippen molar-refractivity contribution in [3.63, 3.8) is 0 Å². The van der Waals surface area contributed by atoms with Crippen molar-refractivity contribution in [2.75, 3.05) is 6.61 Å². The molecule has 1 atom stereocenters. The monoisotopic (exact) mass is 270 g/mol. The van der Waals surface area contributed by atoms with Gasteiger partial charge in [-0.1, -0.05) is 12.1 Å². The van der Waals surface area contributed by atoms with Crippen molar-refractivity contribution in [3.8, 4) is 5.75 Å². The Bertz CT molecular complexity index is 385. The highest BCUT2D eigenvalue weighted by Gasteiger charge is 2.62. The minimum Gasteiger partial charge on any atom is -0.494 e. The van der Waals surface area contributed by atoms with Crippen LogP contribution in [-0.2, 0) is 0 Å². The van der Waals surface area contributed by atoms with E-state index in [1.165, 1.54) is 12.1 Å². The molecule has 1 aromatic rings. The second-order valence-corrected chi connectivity index (χ2v) is 3.53. The molecule has 102 valence electrons. The van der Waals surface area contributed by atoms with E-state index in [4.69, 9.17) is 9.84 Å². The van der Waals surface area contributed by atoms with E-state index in [1.54, 1.807) is 6.92 Å². The third-order valence-corrected chi connectivity index (χ3v) is 2.23. The number of benzene rings is 1. The number of halogens is 5. The van der Waals surface area contributed by atoms with Gasteiger partial charge >= 0.3 is 12.1 Å². The van der Waals surface area contributed by atoms with Crippen LogP contribution < -0.4 is 4.74 Å². The SMILES string of the molecule is CCOc1ccc(C(O)C(F)(F)C(F)(F)F)cc1. The van der Waals surface area contributed by atoms with Gasteiger partial charge in [0.15, 0.2) is 6.10 Å². The van der Waals surface area contributed by atoms with Crippen molar-refractivity contribution in [1.82, 2.24) is 0 Å². The van der Waals surface area contributed by atoms with E-state index in [2.05, 4.69) is 0 Å². The van der Waals surface area contributed by atoms with Crippen LogP contribution in [0, 0.1) is 0 Å². The fraction of sp³-hybridized carbons (Fsp3) is 0.455. The summed E-state index contributed by atoms with van der Waals surface area (Å²) in [5.41, 5.74) is -0.527. The Balaban J connectivity index is 2.94. The quantitative estimate of drug-likeness (QED) is 0.850. The van der Waals surface area contributed by atoms with Gasteiger partial charge in [0.1, 0.15) is 5.75 Å². The predicted octanol–water partition coefficient (Wildman–Crippen LogP) is 3.32. The lowest BCUT2D eigenvalue weighted by atomic mass is 10.0. The molecule has 0 bridgehead atoms. The Hall–Kier alpha value is -1.37. The fourth-order valence-corrected chi connectivity index (χ4v) is 1.28. The number of rotatable bonds is 4. The van der Waals surface area contributed by atoms with Gasteiger partial charge in [-0.3, -0.25) is 0 Å².